The maximum atomic E-state index is 12.6. The first-order chi connectivity index (χ1) is 6.15. The summed E-state index contributed by atoms with van der Waals surface area (Å²) in [5.41, 5.74) is 6.36. The number of halogens is 1. The highest BCUT2D eigenvalue weighted by Crippen LogP contribution is 2.18. The van der Waals surface area contributed by atoms with Crippen molar-refractivity contribution in [3.63, 3.8) is 0 Å². The van der Waals surface area contributed by atoms with Crippen molar-refractivity contribution in [2.75, 3.05) is 6.54 Å². The number of nitrogens with two attached hydrogens (primary N) is 1. The van der Waals surface area contributed by atoms with Crippen molar-refractivity contribution in [3.8, 4) is 0 Å². The van der Waals surface area contributed by atoms with Crippen LogP contribution in [-0.2, 0) is 0 Å². The van der Waals surface area contributed by atoms with Crippen LogP contribution in [0.1, 0.15) is 18.4 Å². The zero-order valence-electron chi connectivity index (χ0n) is 7.57. The van der Waals surface area contributed by atoms with E-state index < -0.39 is 6.10 Å². The predicted molar refractivity (Wildman–Crippen MR) is 49.9 cm³/mol. The summed E-state index contributed by atoms with van der Waals surface area (Å²) in [6.45, 7) is 2.05. The molecule has 0 radical (unpaired) electrons. The average molecular weight is 183 g/mol. The first-order valence-corrected chi connectivity index (χ1v) is 4.28. The van der Waals surface area contributed by atoms with E-state index in [0.717, 1.165) is 5.56 Å². The maximum absolute atomic E-state index is 12.6. The molecular weight excluding hydrogens is 169 g/mol. The van der Waals surface area contributed by atoms with Crippen molar-refractivity contribution in [3.05, 3.63) is 35.6 Å². The third-order valence-electron chi connectivity index (χ3n) is 2.13. The molecule has 0 spiro atoms. The third-order valence-corrected chi connectivity index (χ3v) is 2.13. The van der Waals surface area contributed by atoms with E-state index in [9.17, 15) is 9.50 Å². The van der Waals surface area contributed by atoms with Gasteiger partial charge in [-0.25, -0.2) is 4.39 Å². The fourth-order valence-electron chi connectivity index (χ4n) is 1.32. The fourth-order valence-corrected chi connectivity index (χ4v) is 1.32. The lowest BCUT2D eigenvalue weighted by atomic mass is 9.94. The van der Waals surface area contributed by atoms with Gasteiger partial charge in [-0.05, 0) is 24.6 Å². The lowest BCUT2D eigenvalue weighted by molar-refractivity contribution is 0.164. The summed E-state index contributed by atoms with van der Waals surface area (Å²) in [5.74, 6) is -0.384. The van der Waals surface area contributed by atoms with Crippen molar-refractivity contribution in [2.45, 2.75) is 18.9 Å². The van der Waals surface area contributed by atoms with Crippen molar-refractivity contribution in [1.29, 1.82) is 0 Å². The molecule has 13 heavy (non-hydrogen) atoms. The lowest BCUT2D eigenvalue weighted by Gasteiger charge is -2.17. The summed E-state index contributed by atoms with van der Waals surface area (Å²) in [6.07, 6.45) is -0.504. The second-order valence-electron chi connectivity index (χ2n) is 3.13. The topological polar surface area (TPSA) is 46.2 Å². The van der Waals surface area contributed by atoms with Gasteiger partial charge >= 0.3 is 0 Å². The van der Waals surface area contributed by atoms with Crippen LogP contribution in [0.15, 0.2) is 24.3 Å². The molecule has 0 heterocycles. The van der Waals surface area contributed by atoms with Gasteiger partial charge in [-0.3, -0.25) is 0 Å². The smallest absolute Gasteiger partial charge is 0.123 e. The molecule has 0 aliphatic rings. The summed E-state index contributed by atoms with van der Waals surface area (Å²) in [5, 5.41) is 9.36. The Kier molecular flexibility index (Phi) is 3.39. The molecule has 2 atom stereocenters. The van der Waals surface area contributed by atoms with E-state index in [0.29, 0.717) is 6.54 Å². The molecule has 0 fully saturated rings. The molecule has 72 valence electrons. The Morgan fingerprint density at radius 1 is 1.38 bits per heavy atom. The summed E-state index contributed by atoms with van der Waals surface area (Å²) in [6, 6.07) is 6.06. The number of rotatable bonds is 3. The molecule has 0 bridgehead atoms. The predicted octanol–water partition coefficient (Wildman–Crippen LogP) is 1.25. The molecule has 0 aliphatic heterocycles. The number of aliphatic hydroxyl groups is 1. The van der Waals surface area contributed by atoms with E-state index in [-0.39, 0.29) is 11.7 Å². The SMILES string of the molecule is CC(O)C(CN)c1ccc(F)cc1. The minimum absolute atomic E-state index is 0.111. The number of hydrogen-bond acceptors (Lipinski definition) is 2. The Morgan fingerprint density at radius 3 is 2.31 bits per heavy atom. The molecule has 3 N–H and O–H groups in total. The Balaban J connectivity index is 2.86. The largest absolute Gasteiger partial charge is 0.393 e. The second-order valence-corrected chi connectivity index (χ2v) is 3.13. The summed E-state index contributed by atoms with van der Waals surface area (Å²) in [7, 11) is 0. The van der Waals surface area contributed by atoms with Gasteiger partial charge in [0, 0.05) is 12.5 Å². The summed E-state index contributed by atoms with van der Waals surface area (Å²) >= 11 is 0. The number of aliphatic hydroxyl groups excluding tert-OH is 1. The van der Waals surface area contributed by atoms with Crippen molar-refractivity contribution >= 4 is 0 Å². The van der Waals surface area contributed by atoms with Gasteiger partial charge in [-0.15, -0.1) is 0 Å². The van der Waals surface area contributed by atoms with Crippen LogP contribution < -0.4 is 5.73 Å². The van der Waals surface area contributed by atoms with Crippen LogP contribution in [0, 0.1) is 5.82 Å². The molecule has 0 saturated carbocycles. The van der Waals surface area contributed by atoms with Crippen molar-refractivity contribution < 1.29 is 9.50 Å². The molecule has 2 unspecified atom stereocenters. The zero-order valence-corrected chi connectivity index (χ0v) is 7.57. The Bertz CT molecular complexity index is 258. The minimum atomic E-state index is -0.504. The van der Waals surface area contributed by atoms with Crippen molar-refractivity contribution in [1.82, 2.24) is 0 Å². The first kappa shape index (κ1) is 10.2. The van der Waals surface area contributed by atoms with Crippen LogP contribution in [0.2, 0.25) is 0 Å². The summed E-state index contributed by atoms with van der Waals surface area (Å²) < 4.78 is 12.6. The van der Waals surface area contributed by atoms with E-state index >= 15 is 0 Å². The lowest BCUT2D eigenvalue weighted by Crippen LogP contribution is -2.23. The molecular formula is C10H14FNO. The maximum Gasteiger partial charge on any atom is 0.123 e. The third kappa shape index (κ3) is 2.50. The van der Waals surface area contributed by atoms with Gasteiger partial charge in [0.25, 0.3) is 0 Å². The fraction of sp³-hybridized carbons (Fsp3) is 0.400. The first-order valence-electron chi connectivity index (χ1n) is 4.28. The van der Waals surface area contributed by atoms with E-state index in [2.05, 4.69) is 0 Å². The Hall–Kier alpha value is -0.930. The second kappa shape index (κ2) is 4.35. The van der Waals surface area contributed by atoms with Crippen LogP contribution in [-0.4, -0.2) is 17.8 Å². The molecule has 0 amide bonds. The van der Waals surface area contributed by atoms with Crippen LogP contribution in [0.5, 0.6) is 0 Å². The van der Waals surface area contributed by atoms with Gasteiger partial charge in [0.1, 0.15) is 5.82 Å². The minimum Gasteiger partial charge on any atom is -0.393 e. The highest BCUT2D eigenvalue weighted by Gasteiger charge is 2.14. The molecule has 0 aromatic heterocycles. The van der Waals surface area contributed by atoms with Crippen LogP contribution in [0.4, 0.5) is 4.39 Å². The Labute approximate surface area is 77.2 Å². The zero-order chi connectivity index (χ0) is 9.84. The average Bonchev–Trinajstić information content (AvgIpc) is 2.09. The quantitative estimate of drug-likeness (QED) is 0.740. The normalized spacial score (nSPS) is 15.4. The molecule has 1 rings (SSSR count). The number of benzene rings is 1. The van der Waals surface area contributed by atoms with Gasteiger partial charge in [0.15, 0.2) is 0 Å². The van der Waals surface area contributed by atoms with Crippen LogP contribution >= 0.6 is 0 Å². The summed E-state index contributed by atoms with van der Waals surface area (Å²) in [4.78, 5) is 0. The van der Waals surface area contributed by atoms with Gasteiger partial charge in [0.05, 0.1) is 6.10 Å². The van der Waals surface area contributed by atoms with E-state index in [1.807, 2.05) is 0 Å². The Morgan fingerprint density at radius 2 is 1.92 bits per heavy atom. The molecule has 2 nitrogen and oxygen atoms in total. The van der Waals surface area contributed by atoms with Gasteiger partial charge in [-0.2, -0.15) is 0 Å². The van der Waals surface area contributed by atoms with Gasteiger partial charge in [-0.1, -0.05) is 12.1 Å². The van der Waals surface area contributed by atoms with Gasteiger partial charge < -0.3 is 10.8 Å². The van der Waals surface area contributed by atoms with E-state index in [4.69, 9.17) is 5.73 Å². The molecule has 1 aromatic rings. The van der Waals surface area contributed by atoms with Crippen LogP contribution in [0.25, 0.3) is 0 Å². The van der Waals surface area contributed by atoms with E-state index in [1.54, 1.807) is 19.1 Å². The number of hydrogen-bond donors (Lipinski definition) is 2. The van der Waals surface area contributed by atoms with Crippen LogP contribution in [0.3, 0.4) is 0 Å². The molecule has 0 saturated heterocycles. The van der Waals surface area contributed by atoms with Gasteiger partial charge in [0.2, 0.25) is 0 Å². The molecule has 1 aromatic carbocycles. The molecule has 3 heteroatoms. The highest BCUT2D eigenvalue weighted by molar-refractivity contribution is 5.21. The molecule has 0 aliphatic carbocycles. The van der Waals surface area contributed by atoms with E-state index in [1.165, 1.54) is 12.1 Å². The monoisotopic (exact) mass is 183 g/mol. The highest BCUT2D eigenvalue weighted by atomic mass is 19.1. The standard InChI is InChI=1S/C10H14FNO/c1-7(13)10(6-12)8-2-4-9(11)5-3-8/h2-5,7,10,13H,6,12H2,1H3. The van der Waals surface area contributed by atoms with Crippen molar-refractivity contribution in [2.24, 2.45) is 5.73 Å².